The molecule has 0 saturated carbocycles. The van der Waals surface area contributed by atoms with Gasteiger partial charge in [-0.1, -0.05) is 23.7 Å². The Kier molecular flexibility index (Phi) is 6.02. The summed E-state index contributed by atoms with van der Waals surface area (Å²) in [6.45, 7) is 0.572. The number of thiophene rings is 1. The van der Waals surface area contributed by atoms with Gasteiger partial charge in [-0.15, -0.1) is 11.3 Å². The summed E-state index contributed by atoms with van der Waals surface area (Å²) in [5.41, 5.74) is 6.82. The van der Waals surface area contributed by atoms with Crippen LogP contribution in [0.15, 0.2) is 66.9 Å². The van der Waals surface area contributed by atoms with E-state index in [2.05, 4.69) is 57.4 Å². The Morgan fingerprint density at radius 3 is 2.50 bits per heavy atom. The fourth-order valence-electron chi connectivity index (χ4n) is 5.42. The number of nitrogens with zero attached hydrogens (tertiary/aromatic N) is 3. The standard InChI is InChI=1S/C29H29ClN4OS/c1-32(2)22-15-9-19(10-16-22)27-25-7-5-17-33(25)28-24(23-6-3-4-8-26(23)36-28)18-34(27)29(35)31-21-13-11-20(30)12-14-21/h5,7,9-17,27H,3-4,6,8,18H2,1-2H3,(H,31,35)/t27-/m0/s1. The van der Waals surface area contributed by atoms with E-state index in [-0.39, 0.29) is 12.1 Å². The van der Waals surface area contributed by atoms with Gasteiger partial charge in [0.1, 0.15) is 5.00 Å². The van der Waals surface area contributed by atoms with Crippen LogP contribution in [-0.4, -0.2) is 29.6 Å². The van der Waals surface area contributed by atoms with E-state index in [1.165, 1.54) is 33.8 Å². The molecule has 36 heavy (non-hydrogen) atoms. The highest BCUT2D eigenvalue weighted by molar-refractivity contribution is 7.15. The van der Waals surface area contributed by atoms with Gasteiger partial charge in [-0.2, -0.15) is 0 Å². The molecular formula is C29H29ClN4OS. The first-order chi connectivity index (χ1) is 17.5. The van der Waals surface area contributed by atoms with Gasteiger partial charge in [0.2, 0.25) is 0 Å². The van der Waals surface area contributed by atoms with Gasteiger partial charge in [-0.25, -0.2) is 4.79 Å². The van der Waals surface area contributed by atoms with Gasteiger partial charge in [-0.3, -0.25) is 0 Å². The Hall–Kier alpha value is -3.22. The van der Waals surface area contributed by atoms with Crippen LogP contribution in [-0.2, 0) is 19.4 Å². The molecule has 2 aliphatic rings. The molecule has 1 aliphatic carbocycles. The minimum atomic E-state index is -0.220. The number of carbonyl (C=O) groups is 1. The maximum atomic E-state index is 14.0. The monoisotopic (exact) mass is 516 g/mol. The fraction of sp³-hybridized carbons (Fsp3) is 0.276. The van der Waals surface area contributed by atoms with E-state index < -0.39 is 0 Å². The van der Waals surface area contributed by atoms with Gasteiger partial charge in [0.25, 0.3) is 0 Å². The molecule has 2 amide bonds. The summed E-state index contributed by atoms with van der Waals surface area (Å²) in [7, 11) is 4.08. The molecule has 6 rings (SSSR count). The van der Waals surface area contributed by atoms with Gasteiger partial charge in [0, 0.05) is 47.1 Å². The summed E-state index contributed by atoms with van der Waals surface area (Å²) in [6, 6.07) is 19.8. The second-order valence-corrected chi connectivity index (χ2v) is 11.3. The van der Waals surface area contributed by atoms with Crippen LogP contribution in [0.3, 0.4) is 0 Å². The topological polar surface area (TPSA) is 40.5 Å². The number of benzene rings is 2. The Balaban J connectivity index is 1.48. The Labute approximate surface area is 220 Å². The van der Waals surface area contributed by atoms with Crippen molar-refractivity contribution >= 4 is 40.3 Å². The van der Waals surface area contributed by atoms with Crippen LogP contribution in [0.1, 0.15) is 46.1 Å². The molecule has 1 atom stereocenters. The highest BCUT2D eigenvalue weighted by Crippen LogP contribution is 2.44. The van der Waals surface area contributed by atoms with Gasteiger partial charge >= 0.3 is 6.03 Å². The van der Waals surface area contributed by atoms with Crippen LogP contribution >= 0.6 is 22.9 Å². The van der Waals surface area contributed by atoms with Gasteiger partial charge in [-0.05, 0) is 85.3 Å². The average Bonchev–Trinajstić information content (AvgIpc) is 3.47. The largest absolute Gasteiger partial charge is 0.378 e. The lowest BCUT2D eigenvalue weighted by atomic mass is 9.95. The van der Waals surface area contributed by atoms with Crippen LogP contribution in [0.25, 0.3) is 5.00 Å². The van der Waals surface area contributed by atoms with Gasteiger partial charge in [0.15, 0.2) is 0 Å². The first-order valence-electron chi connectivity index (χ1n) is 12.4. The zero-order chi connectivity index (χ0) is 24.8. The number of nitrogens with one attached hydrogen (secondary N) is 1. The smallest absolute Gasteiger partial charge is 0.322 e. The number of aryl methyl sites for hydroxylation is 1. The van der Waals surface area contributed by atoms with Gasteiger partial charge < -0.3 is 19.7 Å². The minimum Gasteiger partial charge on any atom is -0.378 e. The van der Waals surface area contributed by atoms with Gasteiger partial charge in [0.05, 0.1) is 18.3 Å². The summed E-state index contributed by atoms with van der Waals surface area (Å²) < 4.78 is 2.32. The number of hydrogen-bond acceptors (Lipinski definition) is 3. The van der Waals surface area contributed by atoms with Crippen molar-refractivity contribution < 1.29 is 4.79 Å². The summed E-state index contributed by atoms with van der Waals surface area (Å²) in [5.74, 6) is 0. The van der Waals surface area contributed by atoms with E-state index in [1.807, 2.05) is 42.5 Å². The molecule has 184 valence electrons. The number of rotatable bonds is 3. The van der Waals surface area contributed by atoms with E-state index in [1.54, 1.807) is 12.1 Å². The number of urea groups is 1. The summed E-state index contributed by atoms with van der Waals surface area (Å²) in [5, 5.41) is 5.05. The second kappa shape index (κ2) is 9.34. The van der Waals surface area contributed by atoms with E-state index in [0.717, 1.165) is 35.5 Å². The lowest BCUT2D eigenvalue weighted by molar-refractivity contribution is 0.194. The normalized spacial score (nSPS) is 16.5. The predicted molar refractivity (Wildman–Crippen MR) is 149 cm³/mol. The molecule has 0 saturated heterocycles. The summed E-state index contributed by atoms with van der Waals surface area (Å²) >= 11 is 7.99. The Morgan fingerprint density at radius 2 is 1.75 bits per heavy atom. The third-order valence-electron chi connectivity index (χ3n) is 7.26. The van der Waals surface area contributed by atoms with Crippen molar-refractivity contribution in [2.24, 2.45) is 0 Å². The van der Waals surface area contributed by atoms with Crippen LogP contribution in [0, 0.1) is 0 Å². The Bertz CT molecular complexity index is 1400. The van der Waals surface area contributed by atoms with Crippen LogP contribution in [0.4, 0.5) is 16.2 Å². The number of hydrogen-bond donors (Lipinski definition) is 1. The zero-order valence-corrected chi connectivity index (χ0v) is 22.1. The minimum absolute atomic E-state index is 0.115. The van der Waals surface area contributed by atoms with E-state index >= 15 is 0 Å². The average molecular weight is 517 g/mol. The lowest BCUT2D eigenvalue weighted by Crippen LogP contribution is -2.38. The molecule has 0 radical (unpaired) electrons. The number of fused-ring (bicyclic) bond motifs is 5. The maximum Gasteiger partial charge on any atom is 0.322 e. The molecule has 3 heterocycles. The number of amides is 2. The van der Waals surface area contributed by atoms with Crippen molar-refractivity contribution in [3.05, 3.63) is 99.1 Å². The third kappa shape index (κ3) is 4.08. The summed E-state index contributed by atoms with van der Waals surface area (Å²) in [6.07, 6.45) is 6.83. The van der Waals surface area contributed by atoms with Crippen molar-refractivity contribution in [3.63, 3.8) is 0 Å². The first-order valence-corrected chi connectivity index (χ1v) is 13.6. The number of anilines is 2. The second-order valence-electron chi connectivity index (χ2n) is 9.75. The van der Waals surface area contributed by atoms with Crippen LogP contribution < -0.4 is 10.2 Å². The molecule has 5 nitrogen and oxygen atoms in total. The number of carbonyl (C=O) groups excluding carboxylic acids is 1. The molecule has 0 fully saturated rings. The fourth-order valence-corrected chi connectivity index (χ4v) is 6.95. The highest BCUT2D eigenvalue weighted by atomic mass is 35.5. The third-order valence-corrected chi connectivity index (χ3v) is 8.85. The summed E-state index contributed by atoms with van der Waals surface area (Å²) in [4.78, 5) is 19.5. The van der Waals surface area contributed by atoms with E-state index in [0.29, 0.717) is 11.6 Å². The lowest BCUT2D eigenvalue weighted by Gasteiger charge is -2.31. The molecule has 0 bridgehead atoms. The van der Waals surface area contributed by atoms with E-state index in [9.17, 15) is 4.79 Å². The molecular weight excluding hydrogens is 488 g/mol. The Morgan fingerprint density at radius 1 is 1.00 bits per heavy atom. The quantitative estimate of drug-likeness (QED) is 0.311. The number of aromatic nitrogens is 1. The predicted octanol–water partition coefficient (Wildman–Crippen LogP) is 7.27. The van der Waals surface area contributed by atoms with Crippen molar-refractivity contribution in [2.45, 2.75) is 38.3 Å². The molecule has 4 aromatic rings. The molecule has 1 N–H and O–H groups in total. The van der Waals surface area contributed by atoms with Crippen molar-refractivity contribution in [1.29, 1.82) is 0 Å². The van der Waals surface area contributed by atoms with Crippen molar-refractivity contribution in [2.75, 3.05) is 24.3 Å². The number of halogens is 1. The first kappa shape index (κ1) is 23.2. The SMILES string of the molecule is CN(C)c1ccc([C@H]2c3cccn3-c3sc4c(c3CN2C(=O)Nc2ccc(Cl)cc2)CCCC4)cc1. The van der Waals surface area contributed by atoms with Crippen LogP contribution in [0.5, 0.6) is 0 Å². The zero-order valence-electron chi connectivity index (χ0n) is 20.5. The molecule has 2 aromatic carbocycles. The van der Waals surface area contributed by atoms with E-state index in [4.69, 9.17) is 11.6 Å². The van der Waals surface area contributed by atoms with Crippen LogP contribution in [0.2, 0.25) is 5.02 Å². The molecule has 1 aliphatic heterocycles. The molecule has 7 heteroatoms. The highest BCUT2D eigenvalue weighted by Gasteiger charge is 2.36. The van der Waals surface area contributed by atoms with Crippen molar-refractivity contribution in [3.8, 4) is 5.00 Å². The molecule has 0 spiro atoms. The molecule has 0 unspecified atom stereocenters. The molecule has 2 aromatic heterocycles. The van der Waals surface area contributed by atoms with Crippen molar-refractivity contribution in [1.82, 2.24) is 9.47 Å². The maximum absolute atomic E-state index is 14.0.